The van der Waals surface area contributed by atoms with Crippen LogP contribution >= 0.6 is 35.3 Å². The first-order valence-corrected chi connectivity index (χ1v) is 9.24. The molecule has 2 rings (SSSR count). The Morgan fingerprint density at radius 2 is 2.08 bits per heavy atom. The van der Waals surface area contributed by atoms with Crippen LogP contribution in [0, 0.1) is 6.92 Å². The van der Waals surface area contributed by atoms with Gasteiger partial charge >= 0.3 is 0 Å². The molecular formula is C18H26IN5OS. The van der Waals surface area contributed by atoms with Gasteiger partial charge in [-0.25, -0.2) is 9.98 Å². The Balaban J connectivity index is 0.00000338. The van der Waals surface area contributed by atoms with Crippen molar-refractivity contribution in [2.45, 2.75) is 33.7 Å². The molecule has 0 bridgehead atoms. The number of guanidine groups is 1. The van der Waals surface area contributed by atoms with Crippen LogP contribution in [0.1, 0.15) is 29.3 Å². The molecule has 3 N–H and O–H groups in total. The lowest BCUT2D eigenvalue weighted by molar-refractivity contribution is -0.114. The van der Waals surface area contributed by atoms with Gasteiger partial charge in [-0.2, -0.15) is 0 Å². The first-order chi connectivity index (χ1) is 12.1. The van der Waals surface area contributed by atoms with E-state index in [1.807, 2.05) is 44.3 Å². The fourth-order valence-electron chi connectivity index (χ4n) is 2.20. The van der Waals surface area contributed by atoms with Crippen molar-refractivity contribution in [3.63, 3.8) is 0 Å². The number of nitrogens with one attached hydrogen (secondary N) is 3. The van der Waals surface area contributed by atoms with Crippen LogP contribution in [-0.4, -0.2) is 29.9 Å². The van der Waals surface area contributed by atoms with E-state index < -0.39 is 0 Å². The SMILES string of the molecule is CCNC(=NCC(=O)Nc1cccc(CC)c1)NCc1ncc(C)s1.I. The summed E-state index contributed by atoms with van der Waals surface area (Å²) >= 11 is 1.64. The number of carbonyl (C=O) groups excluding carboxylic acids is 1. The molecule has 1 aromatic carbocycles. The number of benzene rings is 1. The van der Waals surface area contributed by atoms with E-state index in [0.29, 0.717) is 12.5 Å². The zero-order valence-electron chi connectivity index (χ0n) is 15.3. The van der Waals surface area contributed by atoms with Crippen molar-refractivity contribution >= 4 is 52.9 Å². The minimum absolute atomic E-state index is 0. The summed E-state index contributed by atoms with van der Waals surface area (Å²) in [5, 5.41) is 10.2. The number of aryl methyl sites for hydroxylation is 2. The Bertz CT molecular complexity index is 732. The summed E-state index contributed by atoms with van der Waals surface area (Å²) < 4.78 is 0. The lowest BCUT2D eigenvalue weighted by atomic mass is 10.1. The second-order valence-electron chi connectivity index (χ2n) is 5.52. The van der Waals surface area contributed by atoms with E-state index >= 15 is 0 Å². The molecule has 0 fully saturated rings. The quantitative estimate of drug-likeness (QED) is 0.318. The molecule has 0 saturated heterocycles. The van der Waals surface area contributed by atoms with Gasteiger partial charge in [0.25, 0.3) is 0 Å². The number of nitrogens with zero attached hydrogens (tertiary/aromatic N) is 2. The van der Waals surface area contributed by atoms with Crippen molar-refractivity contribution in [2.24, 2.45) is 4.99 Å². The van der Waals surface area contributed by atoms with Crippen LogP contribution in [0.2, 0.25) is 0 Å². The minimum atomic E-state index is -0.143. The molecule has 8 heteroatoms. The Hall–Kier alpha value is -1.68. The third-order valence-corrected chi connectivity index (χ3v) is 4.33. The molecule has 0 saturated carbocycles. The zero-order valence-corrected chi connectivity index (χ0v) is 18.5. The summed E-state index contributed by atoms with van der Waals surface area (Å²) in [4.78, 5) is 21.9. The van der Waals surface area contributed by atoms with Crippen molar-refractivity contribution in [1.82, 2.24) is 15.6 Å². The number of anilines is 1. The summed E-state index contributed by atoms with van der Waals surface area (Å²) in [6, 6.07) is 7.85. The largest absolute Gasteiger partial charge is 0.357 e. The van der Waals surface area contributed by atoms with Crippen molar-refractivity contribution in [3.05, 3.63) is 45.9 Å². The molecule has 6 nitrogen and oxygen atoms in total. The van der Waals surface area contributed by atoms with E-state index in [1.54, 1.807) is 11.3 Å². The Kier molecular flexibility index (Phi) is 10.2. The van der Waals surface area contributed by atoms with Crippen LogP contribution in [0.25, 0.3) is 0 Å². The van der Waals surface area contributed by atoms with Gasteiger partial charge in [-0.05, 0) is 38.0 Å². The second kappa shape index (κ2) is 11.8. The molecule has 0 aliphatic heterocycles. The third-order valence-electron chi connectivity index (χ3n) is 3.42. The summed E-state index contributed by atoms with van der Waals surface area (Å²) in [5.74, 6) is 0.461. The van der Waals surface area contributed by atoms with E-state index in [0.717, 1.165) is 23.7 Å². The van der Waals surface area contributed by atoms with E-state index in [1.165, 1.54) is 10.4 Å². The topological polar surface area (TPSA) is 78.4 Å². The molecule has 0 spiro atoms. The number of aromatic nitrogens is 1. The van der Waals surface area contributed by atoms with Gasteiger partial charge in [-0.3, -0.25) is 4.79 Å². The van der Waals surface area contributed by atoms with Gasteiger partial charge in [-0.15, -0.1) is 35.3 Å². The molecule has 142 valence electrons. The Morgan fingerprint density at radius 3 is 2.73 bits per heavy atom. The molecule has 0 aliphatic carbocycles. The van der Waals surface area contributed by atoms with Gasteiger partial charge in [0.05, 0.1) is 6.54 Å². The number of amides is 1. The summed E-state index contributed by atoms with van der Waals surface area (Å²) in [6.45, 7) is 7.47. The van der Waals surface area contributed by atoms with E-state index in [9.17, 15) is 4.79 Å². The maximum atomic E-state index is 12.1. The van der Waals surface area contributed by atoms with Crippen molar-refractivity contribution < 1.29 is 4.79 Å². The lowest BCUT2D eigenvalue weighted by Gasteiger charge is -2.10. The average molecular weight is 487 g/mol. The molecule has 1 amide bonds. The Morgan fingerprint density at radius 1 is 1.27 bits per heavy atom. The van der Waals surface area contributed by atoms with Crippen LogP contribution in [0.3, 0.4) is 0 Å². The van der Waals surface area contributed by atoms with E-state index in [-0.39, 0.29) is 36.4 Å². The highest BCUT2D eigenvalue weighted by Gasteiger charge is 2.05. The monoisotopic (exact) mass is 487 g/mol. The highest BCUT2D eigenvalue weighted by atomic mass is 127. The zero-order chi connectivity index (χ0) is 18.1. The molecule has 2 aromatic rings. The summed E-state index contributed by atoms with van der Waals surface area (Å²) in [7, 11) is 0. The van der Waals surface area contributed by atoms with Gasteiger partial charge in [0.1, 0.15) is 11.6 Å². The van der Waals surface area contributed by atoms with Gasteiger partial charge < -0.3 is 16.0 Å². The van der Waals surface area contributed by atoms with Gasteiger partial charge in [0, 0.05) is 23.3 Å². The first kappa shape index (κ1) is 22.4. The normalized spacial score (nSPS) is 10.8. The van der Waals surface area contributed by atoms with Crippen LogP contribution in [0.4, 0.5) is 5.69 Å². The maximum Gasteiger partial charge on any atom is 0.246 e. The summed E-state index contributed by atoms with van der Waals surface area (Å²) in [6.07, 6.45) is 2.79. The fraction of sp³-hybridized carbons (Fsp3) is 0.389. The van der Waals surface area contributed by atoms with Crippen molar-refractivity contribution in [1.29, 1.82) is 0 Å². The minimum Gasteiger partial charge on any atom is -0.357 e. The fourth-order valence-corrected chi connectivity index (χ4v) is 2.93. The molecule has 0 unspecified atom stereocenters. The lowest BCUT2D eigenvalue weighted by Crippen LogP contribution is -2.37. The van der Waals surface area contributed by atoms with Gasteiger partial charge in [0.2, 0.25) is 5.91 Å². The third kappa shape index (κ3) is 7.69. The van der Waals surface area contributed by atoms with Crippen LogP contribution in [0.5, 0.6) is 0 Å². The number of hydrogen-bond acceptors (Lipinski definition) is 4. The first-order valence-electron chi connectivity index (χ1n) is 8.43. The van der Waals surface area contributed by atoms with Crippen LogP contribution in [-0.2, 0) is 17.8 Å². The predicted octanol–water partition coefficient (Wildman–Crippen LogP) is 3.33. The molecule has 0 atom stereocenters. The van der Waals surface area contributed by atoms with Gasteiger partial charge in [0.15, 0.2) is 5.96 Å². The molecule has 0 radical (unpaired) electrons. The van der Waals surface area contributed by atoms with Crippen LogP contribution < -0.4 is 16.0 Å². The molecule has 1 heterocycles. The standard InChI is InChI=1S/C18H25N5OS.HI/c1-4-14-7-6-8-15(9-14)23-16(24)11-21-18(19-5-2)22-12-17-20-10-13(3)25-17;/h6-10H,4-5,11-12H2,1-3H3,(H,23,24)(H2,19,21,22);1H. The average Bonchev–Trinajstić information content (AvgIpc) is 3.03. The van der Waals surface area contributed by atoms with Crippen molar-refractivity contribution in [2.75, 3.05) is 18.4 Å². The highest BCUT2D eigenvalue weighted by molar-refractivity contribution is 14.0. The van der Waals surface area contributed by atoms with Crippen LogP contribution in [0.15, 0.2) is 35.5 Å². The molecule has 26 heavy (non-hydrogen) atoms. The molecule has 0 aliphatic rings. The Labute approximate surface area is 175 Å². The van der Waals surface area contributed by atoms with Crippen molar-refractivity contribution in [3.8, 4) is 0 Å². The number of thiazole rings is 1. The summed E-state index contributed by atoms with van der Waals surface area (Å²) in [5.41, 5.74) is 1.99. The number of carbonyl (C=O) groups is 1. The predicted molar refractivity (Wildman–Crippen MR) is 120 cm³/mol. The highest BCUT2D eigenvalue weighted by Crippen LogP contribution is 2.11. The smallest absolute Gasteiger partial charge is 0.246 e. The van der Waals surface area contributed by atoms with E-state index in [2.05, 4.69) is 32.9 Å². The molecule has 1 aromatic heterocycles. The van der Waals surface area contributed by atoms with Gasteiger partial charge in [-0.1, -0.05) is 19.1 Å². The second-order valence-corrected chi connectivity index (χ2v) is 6.83. The maximum absolute atomic E-state index is 12.1. The molecular weight excluding hydrogens is 461 g/mol. The number of rotatable bonds is 7. The number of halogens is 1. The number of aliphatic imine (C=N–C) groups is 1. The number of hydrogen-bond donors (Lipinski definition) is 3. The van der Waals surface area contributed by atoms with E-state index in [4.69, 9.17) is 0 Å².